The standard InChI is InChI=1S/C17H25N3O2/c1-18-16(19-11-12-5-4-9-21-12)20-14-13-6-10-22-15(13)17(14)7-2-3-8-17/h4-5,9,13-15H,2-3,6-8,10-11H2,1H3,(H2,18,19,20). The summed E-state index contributed by atoms with van der Waals surface area (Å²) in [4.78, 5) is 4.39. The van der Waals surface area contributed by atoms with Gasteiger partial charge >= 0.3 is 0 Å². The van der Waals surface area contributed by atoms with Gasteiger partial charge in [0, 0.05) is 31.0 Å². The lowest BCUT2D eigenvalue weighted by atomic mass is 9.54. The van der Waals surface area contributed by atoms with E-state index >= 15 is 0 Å². The lowest BCUT2D eigenvalue weighted by Crippen LogP contribution is -2.69. The van der Waals surface area contributed by atoms with Gasteiger partial charge in [-0.05, 0) is 31.4 Å². The second-order valence-corrected chi connectivity index (χ2v) is 6.81. The van der Waals surface area contributed by atoms with E-state index in [1.807, 2.05) is 19.2 Å². The molecule has 5 heteroatoms. The van der Waals surface area contributed by atoms with E-state index in [1.165, 1.54) is 32.1 Å². The Hall–Kier alpha value is -1.49. The van der Waals surface area contributed by atoms with E-state index in [9.17, 15) is 0 Å². The van der Waals surface area contributed by atoms with Crippen LogP contribution in [0.25, 0.3) is 0 Å². The van der Waals surface area contributed by atoms with Gasteiger partial charge in [-0.2, -0.15) is 0 Å². The van der Waals surface area contributed by atoms with Crippen molar-refractivity contribution in [3.63, 3.8) is 0 Å². The minimum absolute atomic E-state index is 0.351. The first kappa shape index (κ1) is 14.1. The third-order valence-corrected chi connectivity index (χ3v) is 5.81. The molecule has 1 spiro atoms. The van der Waals surface area contributed by atoms with Crippen molar-refractivity contribution >= 4 is 5.96 Å². The number of rotatable bonds is 3. The van der Waals surface area contributed by atoms with Crippen LogP contribution in [-0.2, 0) is 11.3 Å². The van der Waals surface area contributed by atoms with Crippen LogP contribution in [0.2, 0.25) is 0 Å². The highest BCUT2D eigenvalue weighted by atomic mass is 16.5. The van der Waals surface area contributed by atoms with E-state index < -0.39 is 0 Å². The van der Waals surface area contributed by atoms with Crippen molar-refractivity contribution in [1.82, 2.24) is 10.6 Å². The number of guanidine groups is 1. The van der Waals surface area contributed by atoms with Crippen LogP contribution in [0.1, 0.15) is 37.9 Å². The normalized spacial score (nSPS) is 32.8. The summed E-state index contributed by atoms with van der Waals surface area (Å²) in [5.41, 5.74) is 0.351. The quantitative estimate of drug-likeness (QED) is 0.664. The summed E-state index contributed by atoms with van der Waals surface area (Å²) >= 11 is 0. The maximum Gasteiger partial charge on any atom is 0.191 e. The van der Waals surface area contributed by atoms with Crippen molar-refractivity contribution in [3.8, 4) is 0 Å². The monoisotopic (exact) mass is 303 g/mol. The Balaban J connectivity index is 1.42. The van der Waals surface area contributed by atoms with Crippen molar-refractivity contribution in [1.29, 1.82) is 0 Å². The van der Waals surface area contributed by atoms with E-state index in [-0.39, 0.29) is 0 Å². The molecule has 3 atom stereocenters. The molecule has 1 saturated heterocycles. The molecule has 1 aromatic heterocycles. The second-order valence-electron chi connectivity index (χ2n) is 6.81. The first-order valence-electron chi connectivity index (χ1n) is 8.45. The van der Waals surface area contributed by atoms with Crippen LogP contribution >= 0.6 is 0 Å². The maximum atomic E-state index is 6.04. The lowest BCUT2D eigenvalue weighted by molar-refractivity contribution is -0.125. The van der Waals surface area contributed by atoms with Gasteiger partial charge in [-0.15, -0.1) is 0 Å². The fraction of sp³-hybridized carbons (Fsp3) is 0.706. The first-order chi connectivity index (χ1) is 10.8. The van der Waals surface area contributed by atoms with Crippen LogP contribution in [0.3, 0.4) is 0 Å². The van der Waals surface area contributed by atoms with Crippen molar-refractivity contribution in [2.45, 2.75) is 50.8 Å². The van der Waals surface area contributed by atoms with Gasteiger partial charge in [0.15, 0.2) is 5.96 Å². The minimum Gasteiger partial charge on any atom is -0.467 e. The third kappa shape index (κ3) is 2.14. The largest absolute Gasteiger partial charge is 0.467 e. The molecule has 2 saturated carbocycles. The topological polar surface area (TPSA) is 58.8 Å². The summed E-state index contributed by atoms with van der Waals surface area (Å²) in [6, 6.07) is 4.39. The molecule has 2 aliphatic carbocycles. The average molecular weight is 303 g/mol. The number of fused-ring (bicyclic) bond motifs is 2. The smallest absolute Gasteiger partial charge is 0.191 e. The highest BCUT2D eigenvalue weighted by molar-refractivity contribution is 5.80. The third-order valence-electron chi connectivity index (χ3n) is 5.81. The Labute approximate surface area is 131 Å². The Morgan fingerprint density at radius 2 is 2.27 bits per heavy atom. The summed E-state index contributed by atoms with van der Waals surface area (Å²) in [6.07, 6.45) is 8.62. The van der Waals surface area contributed by atoms with Gasteiger partial charge in [0.25, 0.3) is 0 Å². The molecule has 22 heavy (non-hydrogen) atoms. The molecule has 3 fully saturated rings. The summed E-state index contributed by atoms with van der Waals surface area (Å²) in [5.74, 6) is 2.45. The predicted octanol–water partition coefficient (Wildman–Crippen LogP) is 2.29. The molecule has 0 aromatic carbocycles. The highest BCUT2D eigenvalue weighted by Crippen LogP contribution is 2.60. The first-order valence-corrected chi connectivity index (χ1v) is 8.45. The number of nitrogens with one attached hydrogen (secondary N) is 2. The molecule has 0 bridgehead atoms. The van der Waals surface area contributed by atoms with Crippen LogP contribution in [0.4, 0.5) is 0 Å². The van der Waals surface area contributed by atoms with E-state index in [2.05, 4.69) is 15.6 Å². The molecule has 1 aliphatic heterocycles. The van der Waals surface area contributed by atoms with Gasteiger partial charge in [0.2, 0.25) is 0 Å². The van der Waals surface area contributed by atoms with E-state index in [1.54, 1.807) is 6.26 Å². The molecule has 2 heterocycles. The maximum absolute atomic E-state index is 6.04. The van der Waals surface area contributed by atoms with Crippen LogP contribution in [0, 0.1) is 11.3 Å². The number of nitrogens with zero attached hydrogens (tertiary/aromatic N) is 1. The fourth-order valence-electron chi connectivity index (χ4n) is 4.83. The molecule has 0 amide bonds. The zero-order valence-electron chi connectivity index (χ0n) is 13.2. The Morgan fingerprint density at radius 3 is 3.00 bits per heavy atom. The van der Waals surface area contributed by atoms with Crippen molar-refractivity contribution in [2.75, 3.05) is 13.7 Å². The van der Waals surface area contributed by atoms with Gasteiger partial charge in [0.05, 0.1) is 18.9 Å². The zero-order valence-corrected chi connectivity index (χ0v) is 13.2. The van der Waals surface area contributed by atoms with Crippen LogP contribution in [-0.4, -0.2) is 31.8 Å². The van der Waals surface area contributed by atoms with E-state index in [0.717, 1.165) is 18.3 Å². The Kier molecular flexibility index (Phi) is 3.60. The SMILES string of the molecule is CN=C(NCc1ccco1)NC1C2CCOC2C12CCCC2. The number of hydrogen-bond acceptors (Lipinski definition) is 3. The van der Waals surface area contributed by atoms with Gasteiger partial charge < -0.3 is 19.8 Å². The van der Waals surface area contributed by atoms with Crippen molar-refractivity contribution < 1.29 is 9.15 Å². The molecular formula is C17H25N3O2. The summed E-state index contributed by atoms with van der Waals surface area (Å²) in [7, 11) is 1.83. The average Bonchev–Trinajstić information content (AvgIpc) is 3.27. The number of aliphatic imine (C=N–C) groups is 1. The number of hydrogen-bond donors (Lipinski definition) is 2. The van der Waals surface area contributed by atoms with Gasteiger partial charge in [-0.1, -0.05) is 12.8 Å². The minimum atomic E-state index is 0.351. The summed E-state index contributed by atoms with van der Waals surface area (Å²) in [5, 5.41) is 7.05. The molecular weight excluding hydrogens is 278 g/mol. The fourth-order valence-corrected chi connectivity index (χ4v) is 4.83. The molecule has 3 unspecified atom stereocenters. The van der Waals surface area contributed by atoms with Crippen LogP contribution in [0.5, 0.6) is 0 Å². The van der Waals surface area contributed by atoms with Crippen molar-refractivity contribution in [3.05, 3.63) is 24.2 Å². The van der Waals surface area contributed by atoms with Crippen LogP contribution in [0.15, 0.2) is 27.8 Å². The molecule has 2 N–H and O–H groups in total. The highest BCUT2D eigenvalue weighted by Gasteiger charge is 2.65. The zero-order chi connectivity index (χ0) is 15.0. The molecule has 1 aromatic rings. The van der Waals surface area contributed by atoms with E-state index in [4.69, 9.17) is 9.15 Å². The Morgan fingerprint density at radius 1 is 1.41 bits per heavy atom. The molecule has 5 nitrogen and oxygen atoms in total. The van der Waals surface area contributed by atoms with Crippen molar-refractivity contribution in [2.24, 2.45) is 16.3 Å². The Bertz CT molecular complexity index is 534. The van der Waals surface area contributed by atoms with E-state index in [0.29, 0.717) is 30.0 Å². The lowest BCUT2D eigenvalue weighted by Gasteiger charge is -2.57. The van der Waals surface area contributed by atoms with Gasteiger partial charge in [-0.3, -0.25) is 4.99 Å². The second kappa shape index (κ2) is 5.61. The van der Waals surface area contributed by atoms with Crippen LogP contribution < -0.4 is 10.6 Å². The molecule has 4 rings (SSSR count). The van der Waals surface area contributed by atoms with Gasteiger partial charge in [0.1, 0.15) is 5.76 Å². The number of furan rings is 1. The van der Waals surface area contributed by atoms with Gasteiger partial charge in [-0.25, -0.2) is 0 Å². The summed E-state index contributed by atoms with van der Waals surface area (Å²) < 4.78 is 11.4. The molecule has 120 valence electrons. The number of ether oxygens (including phenoxy) is 1. The predicted molar refractivity (Wildman–Crippen MR) is 84.6 cm³/mol. The summed E-state index contributed by atoms with van der Waals surface area (Å²) in [6.45, 7) is 1.59. The molecule has 0 radical (unpaired) electrons. The molecule has 3 aliphatic rings.